The number of fused-ring (bicyclic) bond motifs is 1. The molecule has 0 saturated heterocycles. The molecular formula is C22H22N5+. The molecule has 4 rings (SSSR count). The van der Waals surface area contributed by atoms with Crippen LogP contribution < -0.4 is 9.47 Å². The average molecular weight is 356 g/mol. The van der Waals surface area contributed by atoms with Crippen LogP contribution in [0.3, 0.4) is 0 Å². The highest BCUT2D eigenvalue weighted by Crippen LogP contribution is 2.33. The number of aryl methyl sites for hydroxylation is 1. The van der Waals surface area contributed by atoms with Crippen molar-refractivity contribution in [2.75, 3.05) is 11.9 Å². The molecule has 0 fully saturated rings. The van der Waals surface area contributed by atoms with E-state index >= 15 is 0 Å². The second-order valence-electron chi connectivity index (χ2n) is 6.94. The van der Waals surface area contributed by atoms with Gasteiger partial charge in [-0.2, -0.15) is 0 Å². The van der Waals surface area contributed by atoms with Crippen molar-refractivity contribution < 1.29 is 4.57 Å². The molecule has 0 bridgehead atoms. The summed E-state index contributed by atoms with van der Waals surface area (Å²) in [5.41, 5.74) is 4.76. The Kier molecular flexibility index (Phi) is 4.04. The zero-order valence-corrected chi connectivity index (χ0v) is 16.0. The van der Waals surface area contributed by atoms with Crippen LogP contribution in [-0.2, 0) is 0 Å². The minimum atomic E-state index is 0.207. The highest BCUT2D eigenvalue weighted by molar-refractivity contribution is 5.77. The summed E-state index contributed by atoms with van der Waals surface area (Å²) in [5.74, 6) is 0.895. The third-order valence-electron chi connectivity index (χ3n) is 5.29. The van der Waals surface area contributed by atoms with Crippen molar-refractivity contribution in [3.63, 3.8) is 0 Å². The summed E-state index contributed by atoms with van der Waals surface area (Å²) in [4.78, 5) is 12.8. The van der Waals surface area contributed by atoms with Gasteiger partial charge >= 0.3 is 5.82 Å². The quantitative estimate of drug-likeness (QED) is 0.507. The van der Waals surface area contributed by atoms with E-state index in [-0.39, 0.29) is 6.17 Å². The largest absolute Gasteiger partial charge is 0.359 e. The summed E-state index contributed by atoms with van der Waals surface area (Å²) >= 11 is 0. The van der Waals surface area contributed by atoms with E-state index in [9.17, 15) is 0 Å². The van der Waals surface area contributed by atoms with Crippen molar-refractivity contribution in [1.29, 1.82) is 0 Å². The summed E-state index contributed by atoms with van der Waals surface area (Å²) in [7, 11) is 2.06. The van der Waals surface area contributed by atoms with Gasteiger partial charge in [0.05, 0.1) is 12.0 Å². The lowest BCUT2D eigenvalue weighted by atomic mass is 10.1. The normalized spacial score (nSPS) is 16.2. The smallest absolute Gasteiger partial charge is 0.301 e. The lowest BCUT2D eigenvalue weighted by Gasteiger charge is -2.29. The van der Waals surface area contributed by atoms with Gasteiger partial charge in [-0.25, -0.2) is 9.41 Å². The fourth-order valence-corrected chi connectivity index (χ4v) is 3.56. The summed E-state index contributed by atoms with van der Waals surface area (Å²) in [6.45, 7) is 13.8. The van der Waals surface area contributed by atoms with Crippen molar-refractivity contribution in [1.82, 2.24) is 9.88 Å². The van der Waals surface area contributed by atoms with E-state index in [0.717, 1.165) is 33.7 Å². The highest BCUT2D eigenvalue weighted by Gasteiger charge is 2.25. The number of nitrogens with zero attached hydrogens (tertiary/aromatic N) is 5. The standard InChI is InChI=1S/C22H22N5/c1-15-21(26-11-10-25(5)17(26)3)12-19(23-4)13-22(15)27-14-18-8-6-7-9-20(18)24-16(27)2/h6-14,17H,1-3,5H3/q+1/t17-/m1/s1. The second-order valence-corrected chi connectivity index (χ2v) is 6.94. The van der Waals surface area contributed by atoms with E-state index in [1.54, 1.807) is 0 Å². The van der Waals surface area contributed by atoms with Crippen molar-refractivity contribution >= 4 is 22.3 Å². The second kappa shape index (κ2) is 6.40. The maximum atomic E-state index is 7.57. The van der Waals surface area contributed by atoms with Gasteiger partial charge in [0.1, 0.15) is 18.1 Å². The van der Waals surface area contributed by atoms with Gasteiger partial charge in [-0.1, -0.05) is 12.1 Å². The third-order valence-corrected chi connectivity index (χ3v) is 5.29. The zero-order chi connectivity index (χ0) is 19.1. The molecule has 1 aliphatic rings. The molecule has 134 valence electrons. The summed E-state index contributed by atoms with van der Waals surface area (Å²) in [5, 5.41) is 1.08. The van der Waals surface area contributed by atoms with Crippen molar-refractivity contribution in [3.05, 3.63) is 77.8 Å². The number of benzene rings is 2. The van der Waals surface area contributed by atoms with E-state index in [4.69, 9.17) is 11.6 Å². The van der Waals surface area contributed by atoms with Gasteiger partial charge in [-0.05, 0) is 43.1 Å². The Balaban J connectivity index is 1.94. The van der Waals surface area contributed by atoms with E-state index in [0.29, 0.717) is 5.69 Å². The minimum absolute atomic E-state index is 0.207. The topological polar surface area (TPSA) is 27.6 Å². The molecule has 5 heteroatoms. The Labute approximate surface area is 159 Å². The van der Waals surface area contributed by atoms with Crippen LogP contribution in [0.25, 0.3) is 21.4 Å². The lowest BCUT2D eigenvalue weighted by Crippen LogP contribution is -2.38. The van der Waals surface area contributed by atoms with E-state index < -0.39 is 0 Å². The number of hydrogen-bond donors (Lipinski definition) is 0. The Morgan fingerprint density at radius 3 is 2.63 bits per heavy atom. The first kappa shape index (κ1) is 17.0. The third kappa shape index (κ3) is 2.80. The van der Waals surface area contributed by atoms with Gasteiger partial charge in [0.2, 0.25) is 0 Å². The Morgan fingerprint density at radius 2 is 1.93 bits per heavy atom. The first-order valence-corrected chi connectivity index (χ1v) is 8.98. The molecule has 2 heterocycles. The molecule has 3 aromatic rings. The molecule has 0 N–H and O–H groups in total. The molecule has 0 aliphatic carbocycles. The van der Waals surface area contributed by atoms with Crippen LogP contribution in [-0.4, -0.2) is 23.1 Å². The minimum Gasteiger partial charge on any atom is -0.359 e. The van der Waals surface area contributed by atoms with E-state index in [1.807, 2.05) is 37.3 Å². The maximum Gasteiger partial charge on any atom is 0.301 e. The van der Waals surface area contributed by atoms with Gasteiger partial charge in [-0.15, -0.1) is 0 Å². The molecule has 0 radical (unpaired) electrons. The number of hydrogen-bond acceptors (Lipinski definition) is 3. The molecule has 27 heavy (non-hydrogen) atoms. The van der Waals surface area contributed by atoms with Crippen LogP contribution in [0.5, 0.6) is 0 Å². The van der Waals surface area contributed by atoms with Crippen molar-refractivity contribution in [3.8, 4) is 5.69 Å². The van der Waals surface area contributed by atoms with Crippen LogP contribution in [0, 0.1) is 20.4 Å². The first-order chi connectivity index (χ1) is 13.0. The Morgan fingerprint density at radius 1 is 1.15 bits per heavy atom. The van der Waals surface area contributed by atoms with E-state index in [2.05, 4.69) is 64.8 Å². The molecule has 0 saturated carbocycles. The molecule has 0 unspecified atom stereocenters. The van der Waals surface area contributed by atoms with Crippen LogP contribution in [0.2, 0.25) is 0 Å². The van der Waals surface area contributed by atoms with Crippen molar-refractivity contribution in [2.24, 2.45) is 0 Å². The summed E-state index contributed by atoms with van der Waals surface area (Å²) in [6, 6.07) is 12.0. The Hall–Kier alpha value is -3.39. The summed E-state index contributed by atoms with van der Waals surface area (Å²) in [6.07, 6.45) is 6.44. The van der Waals surface area contributed by atoms with Crippen LogP contribution >= 0.6 is 0 Å². The maximum absolute atomic E-state index is 7.57. The molecule has 0 spiro atoms. The predicted molar refractivity (Wildman–Crippen MR) is 108 cm³/mol. The Bertz CT molecular complexity index is 1110. The van der Waals surface area contributed by atoms with E-state index in [1.165, 1.54) is 0 Å². The molecular weight excluding hydrogens is 334 g/mol. The fourth-order valence-electron chi connectivity index (χ4n) is 3.56. The van der Waals surface area contributed by atoms with Gasteiger partial charge in [0, 0.05) is 37.6 Å². The van der Waals surface area contributed by atoms with Gasteiger partial charge in [0.25, 0.3) is 0 Å². The summed E-state index contributed by atoms with van der Waals surface area (Å²) < 4.78 is 2.09. The highest BCUT2D eigenvalue weighted by atomic mass is 15.4. The number of aromatic nitrogens is 2. The monoisotopic (exact) mass is 356 g/mol. The fraction of sp³-hybridized carbons (Fsp3) is 0.227. The predicted octanol–water partition coefficient (Wildman–Crippen LogP) is 4.25. The molecule has 1 aliphatic heterocycles. The zero-order valence-electron chi connectivity index (χ0n) is 16.0. The molecule has 1 aromatic heterocycles. The van der Waals surface area contributed by atoms with Crippen LogP contribution in [0.4, 0.5) is 11.4 Å². The van der Waals surface area contributed by atoms with Crippen molar-refractivity contribution in [2.45, 2.75) is 26.9 Å². The molecule has 2 aromatic carbocycles. The average Bonchev–Trinajstić information content (AvgIpc) is 3.00. The number of rotatable bonds is 2. The number of para-hydroxylation sites is 1. The molecule has 1 atom stereocenters. The molecule has 0 amide bonds. The van der Waals surface area contributed by atoms with Gasteiger partial charge in [-0.3, -0.25) is 0 Å². The first-order valence-electron chi connectivity index (χ1n) is 8.98. The lowest BCUT2D eigenvalue weighted by molar-refractivity contribution is -0.605. The van der Waals surface area contributed by atoms with Crippen LogP contribution in [0.15, 0.2) is 55.0 Å². The SMILES string of the molecule is [C-]#[N+]c1cc(N2C=CN(C)[C@H]2C)c(C)c(-[n+]2cc3ccccc3nc2C)c1. The number of anilines is 1. The van der Waals surface area contributed by atoms with Gasteiger partial charge in [0.15, 0.2) is 11.2 Å². The van der Waals surface area contributed by atoms with Gasteiger partial charge < -0.3 is 9.80 Å². The molecule has 5 nitrogen and oxygen atoms in total. The van der Waals surface area contributed by atoms with Crippen LogP contribution in [0.1, 0.15) is 18.3 Å².